The predicted octanol–water partition coefficient (Wildman–Crippen LogP) is 4.13. The molecule has 1 atom stereocenters. The van der Waals surface area contributed by atoms with Gasteiger partial charge in [-0.3, -0.25) is 4.90 Å². The van der Waals surface area contributed by atoms with E-state index in [2.05, 4.69) is 47.2 Å². The monoisotopic (exact) mass is 342 g/mol. The number of hydrogen-bond donors (Lipinski definition) is 0. The lowest BCUT2D eigenvalue weighted by atomic mass is 9.95. The molecule has 0 bridgehead atoms. The van der Waals surface area contributed by atoms with Gasteiger partial charge in [-0.25, -0.2) is 4.39 Å². The zero-order valence-electron chi connectivity index (χ0n) is 14.3. The fraction of sp³-hybridized carbons (Fsp3) is 0.400. The summed E-state index contributed by atoms with van der Waals surface area (Å²) in [6.45, 7) is 6.22. The van der Waals surface area contributed by atoms with Crippen LogP contribution in [0, 0.1) is 12.7 Å². The van der Waals surface area contributed by atoms with Crippen molar-refractivity contribution in [3.63, 3.8) is 0 Å². The van der Waals surface area contributed by atoms with Crippen molar-refractivity contribution in [2.45, 2.75) is 29.2 Å². The molecule has 0 aliphatic carbocycles. The van der Waals surface area contributed by atoms with Gasteiger partial charge >= 0.3 is 0 Å². The minimum absolute atomic E-state index is 0.0993. The molecular formula is C20H23FN2S. The highest BCUT2D eigenvalue weighted by atomic mass is 32.2. The third kappa shape index (κ3) is 2.99. The van der Waals surface area contributed by atoms with E-state index in [9.17, 15) is 4.39 Å². The van der Waals surface area contributed by atoms with Crippen LogP contribution in [-0.4, -0.2) is 43.0 Å². The Kier molecular flexibility index (Phi) is 4.37. The maximum atomic E-state index is 14.2. The van der Waals surface area contributed by atoms with Crippen molar-refractivity contribution in [1.29, 1.82) is 0 Å². The summed E-state index contributed by atoms with van der Waals surface area (Å²) in [5.41, 5.74) is 3.42. The smallest absolute Gasteiger partial charge is 0.127 e. The van der Waals surface area contributed by atoms with E-state index in [1.807, 2.05) is 6.92 Å². The number of halogens is 1. The maximum absolute atomic E-state index is 14.2. The first kappa shape index (κ1) is 16.1. The Balaban J connectivity index is 1.79. The zero-order valence-corrected chi connectivity index (χ0v) is 15.1. The van der Waals surface area contributed by atoms with Crippen molar-refractivity contribution in [2.24, 2.45) is 0 Å². The lowest BCUT2D eigenvalue weighted by molar-refractivity contribution is 0.110. The first-order valence-corrected chi connectivity index (χ1v) is 9.42. The Labute approximate surface area is 147 Å². The Morgan fingerprint density at radius 2 is 1.79 bits per heavy atom. The fourth-order valence-corrected chi connectivity index (χ4v) is 4.84. The molecule has 4 heteroatoms. The fourth-order valence-electron chi connectivity index (χ4n) is 3.70. The molecule has 24 heavy (non-hydrogen) atoms. The second-order valence-electron chi connectivity index (χ2n) is 6.91. The molecular weight excluding hydrogens is 319 g/mol. The average Bonchev–Trinajstić information content (AvgIpc) is 2.73. The van der Waals surface area contributed by atoms with Gasteiger partial charge in [0.15, 0.2) is 0 Å². The Bertz CT molecular complexity index is 753. The topological polar surface area (TPSA) is 6.48 Å². The van der Waals surface area contributed by atoms with Crippen LogP contribution in [0.4, 0.5) is 4.39 Å². The van der Waals surface area contributed by atoms with Gasteiger partial charge in [0.2, 0.25) is 0 Å². The van der Waals surface area contributed by atoms with Crippen LogP contribution in [0.25, 0.3) is 0 Å². The van der Waals surface area contributed by atoms with Gasteiger partial charge in [0, 0.05) is 42.0 Å². The molecule has 0 unspecified atom stereocenters. The number of nitrogens with zero attached hydrogens (tertiary/aromatic N) is 2. The molecule has 0 aromatic heterocycles. The predicted molar refractivity (Wildman–Crippen MR) is 97.2 cm³/mol. The minimum atomic E-state index is -0.0993. The number of fused-ring (bicyclic) bond motifs is 2. The number of rotatable bonds is 1. The first-order valence-electron chi connectivity index (χ1n) is 8.60. The number of benzene rings is 2. The molecule has 2 nitrogen and oxygen atoms in total. The van der Waals surface area contributed by atoms with Crippen LogP contribution in [0.15, 0.2) is 46.2 Å². The first-order chi connectivity index (χ1) is 11.6. The molecule has 0 amide bonds. The molecule has 0 radical (unpaired) electrons. The Morgan fingerprint density at radius 1 is 1.04 bits per heavy atom. The summed E-state index contributed by atoms with van der Waals surface area (Å²) < 4.78 is 14.2. The third-order valence-corrected chi connectivity index (χ3v) is 6.43. The van der Waals surface area contributed by atoms with Gasteiger partial charge in [0.1, 0.15) is 5.82 Å². The van der Waals surface area contributed by atoms with Crippen LogP contribution in [0.5, 0.6) is 0 Å². The summed E-state index contributed by atoms with van der Waals surface area (Å²) in [7, 11) is 2.18. The molecule has 2 aliphatic rings. The second kappa shape index (κ2) is 6.51. The van der Waals surface area contributed by atoms with Gasteiger partial charge in [-0.1, -0.05) is 36.0 Å². The molecule has 2 aliphatic heterocycles. The van der Waals surface area contributed by atoms with Gasteiger partial charge in [-0.05, 0) is 49.2 Å². The van der Waals surface area contributed by atoms with Gasteiger partial charge in [-0.2, -0.15) is 0 Å². The molecule has 0 spiro atoms. The number of likely N-dealkylation sites (N-methyl/N-ethyl adjacent to an activating group) is 1. The van der Waals surface area contributed by atoms with Crippen LogP contribution in [0.2, 0.25) is 0 Å². The molecule has 2 aromatic rings. The SMILES string of the molecule is Cc1cc2c(cc1F)Sc1ccccc1C[C@@H]2N1CCN(C)CC1. The van der Waals surface area contributed by atoms with Gasteiger partial charge in [-0.15, -0.1) is 0 Å². The van der Waals surface area contributed by atoms with E-state index in [0.717, 1.165) is 43.1 Å². The normalized spacial score (nSPS) is 21.9. The number of aryl methyl sites for hydroxylation is 1. The third-order valence-electron chi connectivity index (χ3n) is 5.23. The van der Waals surface area contributed by atoms with Gasteiger partial charge in [0.25, 0.3) is 0 Å². The highest BCUT2D eigenvalue weighted by Gasteiger charge is 2.29. The van der Waals surface area contributed by atoms with Gasteiger partial charge < -0.3 is 4.90 Å². The Morgan fingerprint density at radius 3 is 2.58 bits per heavy atom. The maximum Gasteiger partial charge on any atom is 0.127 e. The van der Waals surface area contributed by atoms with Crippen LogP contribution in [0.3, 0.4) is 0 Å². The van der Waals surface area contributed by atoms with Crippen LogP contribution in [-0.2, 0) is 6.42 Å². The van der Waals surface area contributed by atoms with E-state index in [1.165, 1.54) is 16.0 Å². The van der Waals surface area contributed by atoms with E-state index in [0.29, 0.717) is 6.04 Å². The van der Waals surface area contributed by atoms with Crippen LogP contribution >= 0.6 is 11.8 Å². The summed E-state index contributed by atoms with van der Waals surface area (Å²) in [6.07, 6.45) is 1.00. The summed E-state index contributed by atoms with van der Waals surface area (Å²) in [4.78, 5) is 7.30. The molecule has 1 saturated heterocycles. The van der Waals surface area contributed by atoms with Crippen molar-refractivity contribution in [1.82, 2.24) is 9.80 Å². The molecule has 2 aromatic carbocycles. The second-order valence-corrected chi connectivity index (χ2v) is 7.99. The van der Waals surface area contributed by atoms with E-state index in [-0.39, 0.29) is 5.82 Å². The highest BCUT2D eigenvalue weighted by Crippen LogP contribution is 2.43. The average molecular weight is 342 g/mol. The summed E-state index contributed by atoms with van der Waals surface area (Å²) >= 11 is 1.72. The van der Waals surface area contributed by atoms with Crippen molar-refractivity contribution >= 4 is 11.8 Å². The van der Waals surface area contributed by atoms with Crippen molar-refractivity contribution in [3.05, 3.63) is 58.9 Å². The quantitative estimate of drug-likeness (QED) is 0.769. The summed E-state index contributed by atoms with van der Waals surface area (Å²) in [6, 6.07) is 12.7. The molecule has 1 fully saturated rings. The Hall–Kier alpha value is -1.36. The van der Waals surface area contributed by atoms with Gasteiger partial charge in [0.05, 0.1) is 0 Å². The van der Waals surface area contributed by atoms with Crippen LogP contribution < -0.4 is 0 Å². The van der Waals surface area contributed by atoms with E-state index >= 15 is 0 Å². The molecule has 4 rings (SSSR count). The summed E-state index contributed by atoms with van der Waals surface area (Å²) in [5.74, 6) is -0.0993. The zero-order chi connectivity index (χ0) is 16.7. The molecule has 126 valence electrons. The molecule has 0 N–H and O–H groups in total. The van der Waals surface area contributed by atoms with Crippen molar-refractivity contribution < 1.29 is 4.39 Å². The number of piperazine rings is 1. The van der Waals surface area contributed by atoms with Crippen molar-refractivity contribution in [3.8, 4) is 0 Å². The summed E-state index contributed by atoms with van der Waals surface area (Å²) in [5, 5.41) is 0. The standard InChI is InChI=1S/C20H23FN2S/c1-14-11-16-18(23-9-7-22(2)8-10-23)12-15-5-3-4-6-19(15)24-20(16)13-17(14)21/h3-6,11,13,18H,7-10,12H2,1-2H3/t18-/m0/s1. The highest BCUT2D eigenvalue weighted by molar-refractivity contribution is 7.99. The molecule has 0 saturated carbocycles. The lowest BCUT2D eigenvalue weighted by Gasteiger charge is -2.38. The minimum Gasteiger partial charge on any atom is -0.304 e. The number of hydrogen-bond acceptors (Lipinski definition) is 3. The van der Waals surface area contributed by atoms with E-state index in [4.69, 9.17) is 0 Å². The lowest BCUT2D eigenvalue weighted by Crippen LogP contribution is -2.46. The van der Waals surface area contributed by atoms with E-state index in [1.54, 1.807) is 17.8 Å². The largest absolute Gasteiger partial charge is 0.304 e. The van der Waals surface area contributed by atoms with Crippen LogP contribution in [0.1, 0.15) is 22.7 Å². The molecule has 2 heterocycles. The van der Waals surface area contributed by atoms with Crippen molar-refractivity contribution in [2.75, 3.05) is 33.2 Å². The van der Waals surface area contributed by atoms with E-state index < -0.39 is 0 Å².